The molecular weight excluding hydrogens is 853 g/mol. The summed E-state index contributed by atoms with van der Waals surface area (Å²) in [6.07, 6.45) is 77.8. The van der Waals surface area contributed by atoms with E-state index >= 15 is 0 Å². The second-order valence-corrected chi connectivity index (χ2v) is 18.1. The molecule has 0 aliphatic heterocycles. The molecule has 0 rings (SSSR count). The van der Waals surface area contributed by atoms with Crippen molar-refractivity contribution in [1.29, 1.82) is 0 Å². The molecule has 0 saturated carbocycles. The van der Waals surface area contributed by atoms with Crippen molar-refractivity contribution in [2.45, 2.75) is 245 Å². The van der Waals surface area contributed by atoms with Crippen LogP contribution in [0.15, 0.2) is 122 Å². The Morgan fingerprint density at radius 2 is 0.594 bits per heavy atom. The molecule has 0 aromatic heterocycles. The number of carbonyl (C=O) groups is 3. The van der Waals surface area contributed by atoms with Gasteiger partial charge >= 0.3 is 17.9 Å². The van der Waals surface area contributed by atoms with Gasteiger partial charge in [-0.15, -0.1) is 0 Å². The zero-order valence-electron chi connectivity index (χ0n) is 44.5. The third kappa shape index (κ3) is 54.6. The van der Waals surface area contributed by atoms with E-state index in [0.29, 0.717) is 19.3 Å². The van der Waals surface area contributed by atoms with E-state index < -0.39 is 12.1 Å². The van der Waals surface area contributed by atoms with Crippen molar-refractivity contribution >= 4 is 17.9 Å². The number of hydrogen-bond acceptors (Lipinski definition) is 6. The Hall–Kier alpha value is -4.19. The van der Waals surface area contributed by atoms with Crippen LogP contribution >= 0.6 is 0 Å². The summed E-state index contributed by atoms with van der Waals surface area (Å²) in [5.41, 5.74) is 0. The van der Waals surface area contributed by atoms with Gasteiger partial charge < -0.3 is 14.2 Å². The van der Waals surface area contributed by atoms with Gasteiger partial charge in [-0.1, -0.05) is 245 Å². The molecule has 0 aliphatic rings. The largest absolute Gasteiger partial charge is 0.462 e. The Labute approximate surface area is 424 Å². The SMILES string of the molecule is CC/C=C\C/C=C\C/C=C\C/C=C\C/C=C\C/C=C\CCC(=O)OC(COC(=O)CCCCCCCCCCC)COC(=O)CCCCCCCCCCCC/C=C\C/C=C\C/C=C\C/C=C\CC. The van der Waals surface area contributed by atoms with E-state index in [4.69, 9.17) is 14.2 Å². The minimum absolute atomic E-state index is 0.111. The quantitative estimate of drug-likeness (QED) is 0.0262. The van der Waals surface area contributed by atoms with Gasteiger partial charge in [0.2, 0.25) is 0 Å². The summed E-state index contributed by atoms with van der Waals surface area (Å²) in [6, 6.07) is 0. The van der Waals surface area contributed by atoms with E-state index in [0.717, 1.165) is 103 Å². The predicted octanol–water partition coefficient (Wildman–Crippen LogP) is 18.9. The highest BCUT2D eigenvalue weighted by Gasteiger charge is 2.19. The van der Waals surface area contributed by atoms with E-state index in [2.05, 4.69) is 130 Å². The number of esters is 3. The van der Waals surface area contributed by atoms with E-state index in [-0.39, 0.29) is 31.6 Å². The van der Waals surface area contributed by atoms with Crippen LogP contribution in [0.1, 0.15) is 239 Å². The summed E-state index contributed by atoms with van der Waals surface area (Å²) in [6.45, 7) is 6.32. The van der Waals surface area contributed by atoms with Crippen LogP contribution in [0.5, 0.6) is 0 Å². The summed E-state index contributed by atoms with van der Waals surface area (Å²) in [7, 11) is 0. The van der Waals surface area contributed by atoms with Gasteiger partial charge in [-0.3, -0.25) is 14.4 Å². The molecule has 1 unspecified atom stereocenters. The van der Waals surface area contributed by atoms with Gasteiger partial charge in [0, 0.05) is 19.3 Å². The third-order valence-corrected chi connectivity index (χ3v) is 11.5. The van der Waals surface area contributed by atoms with Gasteiger partial charge in [-0.25, -0.2) is 0 Å². The minimum Gasteiger partial charge on any atom is -0.462 e. The molecule has 0 aliphatic carbocycles. The zero-order valence-corrected chi connectivity index (χ0v) is 44.5. The molecule has 0 fully saturated rings. The summed E-state index contributed by atoms with van der Waals surface area (Å²) in [5.74, 6) is -1.01. The highest BCUT2D eigenvalue weighted by molar-refractivity contribution is 5.71. The Balaban J connectivity index is 4.39. The molecule has 6 heteroatoms. The molecule has 0 radical (unpaired) electrons. The van der Waals surface area contributed by atoms with Crippen molar-refractivity contribution in [1.82, 2.24) is 0 Å². The summed E-state index contributed by atoms with van der Waals surface area (Å²) >= 11 is 0. The first kappa shape index (κ1) is 64.8. The molecule has 0 bridgehead atoms. The van der Waals surface area contributed by atoms with Crippen LogP contribution in [0.2, 0.25) is 0 Å². The molecule has 390 valence electrons. The smallest absolute Gasteiger partial charge is 0.306 e. The number of carbonyl (C=O) groups excluding carboxylic acids is 3. The normalized spacial score (nSPS) is 13.0. The van der Waals surface area contributed by atoms with Crippen molar-refractivity contribution in [3.05, 3.63) is 122 Å². The monoisotopic (exact) mass is 955 g/mol. The highest BCUT2D eigenvalue weighted by Crippen LogP contribution is 2.14. The Morgan fingerprint density at radius 1 is 0.304 bits per heavy atom. The molecule has 0 saturated heterocycles. The molecule has 0 aromatic carbocycles. The van der Waals surface area contributed by atoms with Crippen LogP contribution in [-0.4, -0.2) is 37.2 Å². The van der Waals surface area contributed by atoms with Crippen LogP contribution in [-0.2, 0) is 28.6 Å². The molecule has 69 heavy (non-hydrogen) atoms. The first-order valence-corrected chi connectivity index (χ1v) is 28.0. The number of hydrogen-bond donors (Lipinski definition) is 0. The topological polar surface area (TPSA) is 78.9 Å². The maximum absolute atomic E-state index is 12.8. The molecular formula is C63H102O6. The van der Waals surface area contributed by atoms with Gasteiger partial charge in [0.15, 0.2) is 6.10 Å². The lowest BCUT2D eigenvalue weighted by molar-refractivity contribution is -0.166. The zero-order chi connectivity index (χ0) is 50.0. The molecule has 0 heterocycles. The van der Waals surface area contributed by atoms with E-state index in [9.17, 15) is 14.4 Å². The van der Waals surface area contributed by atoms with Crippen molar-refractivity contribution in [3.8, 4) is 0 Å². The summed E-state index contributed by atoms with van der Waals surface area (Å²) in [4.78, 5) is 38.0. The third-order valence-electron chi connectivity index (χ3n) is 11.5. The highest BCUT2D eigenvalue weighted by atomic mass is 16.6. The van der Waals surface area contributed by atoms with Crippen LogP contribution in [0, 0.1) is 0 Å². The van der Waals surface area contributed by atoms with Crippen molar-refractivity contribution in [2.24, 2.45) is 0 Å². The molecule has 0 amide bonds. The van der Waals surface area contributed by atoms with Crippen LogP contribution < -0.4 is 0 Å². The Bertz CT molecular complexity index is 1470. The fourth-order valence-electron chi connectivity index (χ4n) is 7.34. The van der Waals surface area contributed by atoms with E-state index in [1.54, 1.807) is 0 Å². The first-order chi connectivity index (χ1) is 34.0. The lowest BCUT2D eigenvalue weighted by atomic mass is 10.1. The number of rotatable bonds is 49. The van der Waals surface area contributed by atoms with Gasteiger partial charge in [-0.2, -0.15) is 0 Å². The van der Waals surface area contributed by atoms with E-state index in [1.165, 1.54) is 89.9 Å². The van der Waals surface area contributed by atoms with Gasteiger partial charge in [-0.05, 0) is 96.3 Å². The molecule has 1 atom stereocenters. The van der Waals surface area contributed by atoms with Crippen molar-refractivity contribution in [3.63, 3.8) is 0 Å². The molecule has 0 spiro atoms. The number of unbranched alkanes of at least 4 members (excludes halogenated alkanes) is 18. The summed E-state index contributed by atoms with van der Waals surface area (Å²) in [5, 5.41) is 0. The van der Waals surface area contributed by atoms with Crippen LogP contribution in [0.4, 0.5) is 0 Å². The molecule has 0 aromatic rings. The Kier molecular flexibility index (Phi) is 53.0. The van der Waals surface area contributed by atoms with Crippen LogP contribution in [0.3, 0.4) is 0 Å². The van der Waals surface area contributed by atoms with Gasteiger partial charge in [0.05, 0.1) is 0 Å². The first-order valence-electron chi connectivity index (χ1n) is 28.0. The number of allylic oxidation sites excluding steroid dienone is 20. The molecule has 0 N–H and O–H groups in total. The predicted molar refractivity (Wildman–Crippen MR) is 297 cm³/mol. The standard InChI is InChI=1S/C63H102O6/c1-4-7-10-13-16-19-21-23-25-27-29-30-31-32-34-35-37-39-41-44-47-50-53-56-62(65)68-59-60(58-67-61(64)55-52-49-46-43-18-15-12-9-6-3)69-63(66)57-54-51-48-45-42-40-38-36-33-28-26-24-22-20-17-14-11-8-5-2/h7-8,10-11,16-17,19-20,23-26,29-30,33,36,40,42,48,51,60H,4-6,9,12-15,18,21-22,27-28,31-32,34-35,37-39,41,43-47,49-50,52-59H2,1-3H3/b10-7-,11-8-,19-16-,20-17-,25-23-,26-24-,30-29-,36-33-,42-40-,51-48-. The van der Waals surface area contributed by atoms with Crippen molar-refractivity contribution < 1.29 is 28.6 Å². The van der Waals surface area contributed by atoms with Crippen LogP contribution in [0.25, 0.3) is 0 Å². The minimum atomic E-state index is -0.821. The maximum atomic E-state index is 12.8. The van der Waals surface area contributed by atoms with Gasteiger partial charge in [0.1, 0.15) is 13.2 Å². The average molecular weight is 956 g/mol. The maximum Gasteiger partial charge on any atom is 0.306 e. The summed E-state index contributed by atoms with van der Waals surface area (Å²) < 4.78 is 16.7. The second kappa shape index (κ2) is 56.4. The molecule has 6 nitrogen and oxygen atoms in total. The number of ether oxygens (including phenoxy) is 3. The second-order valence-electron chi connectivity index (χ2n) is 18.1. The lowest BCUT2D eigenvalue weighted by Gasteiger charge is -2.18. The lowest BCUT2D eigenvalue weighted by Crippen LogP contribution is -2.30. The van der Waals surface area contributed by atoms with E-state index in [1.807, 2.05) is 12.2 Å². The van der Waals surface area contributed by atoms with Crippen molar-refractivity contribution in [2.75, 3.05) is 13.2 Å². The Morgan fingerprint density at radius 3 is 0.942 bits per heavy atom. The fraction of sp³-hybridized carbons (Fsp3) is 0.635. The fourth-order valence-corrected chi connectivity index (χ4v) is 7.34. The van der Waals surface area contributed by atoms with Gasteiger partial charge in [0.25, 0.3) is 0 Å². The average Bonchev–Trinajstić information content (AvgIpc) is 3.35.